The normalized spacial score (nSPS) is 12.1. The number of hydrogen-bond acceptors (Lipinski definition) is 3. The van der Waals surface area contributed by atoms with Crippen molar-refractivity contribution in [3.63, 3.8) is 0 Å². The molecule has 0 radical (unpaired) electrons. The minimum atomic E-state index is -4.65. The average Bonchev–Trinajstić information content (AvgIpc) is 3.20. The molecular weight excluding hydrogens is 359 g/mol. The number of nitrogens with zero attached hydrogens (tertiary/aromatic N) is 2. The largest absolute Gasteiger partial charge is 0.452 e. The molecule has 2 heterocycles. The topological polar surface area (TPSA) is 60.1 Å². The Morgan fingerprint density at radius 3 is 2.63 bits per heavy atom. The van der Waals surface area contributed by atoms with Crippen molar-refractivity contribution in [3.05, 3.63) is 53.5 Å². The molecule has 1 aromatic carbocycles. The van der Waals surface area contributed by atoms with Crippen molar-refractivity contribution in [3.8, 4) is 12.3 Å². The molecule has 8 heteroatoms. The molecule has 140 valence electrons. The number of fused-ring (bicyclic) bond motifs is 1. The van der Waals surface area contributed by atoms with Gasteiger partial charge < -0.3 is 14.4 Å². The van der Waals surface area contributed by atoms with Crippen molar-refractivity contribution in [2.75, 3.05) is 0 Å². The molecule has 0 fully saturated rings. The molecule has 0 spiro atoms. The lowest BCUT2D eigenvalue weighted by atomic mass is 10.00. The zero-order chi connectivity index (χ0) is 19.8. The van der Waals surface area contributed by atoms with Crippen LogP contribution >= 0.6 is 0 Å². The van der Waals surface area contributed by atoms with E-state index in [0.29, 0.717) is 5.69 Å². The number of hydrogen-bond donors (Lipinski definition) is 1. The number of terminal acetylenes is 1. The van der Waals surface area contributed by atoms with Crippen molar-refractivity contribution in [2.45, 2.75) is 32.1 Å². The minimum Gasteiger partial charge on any atom is -0.351 e. The maximum Gasteiger partial charge on any atom is 0.452 e. The summed E-state index contributed by atoms with van der Waals surface area (Å²) in [5.41, 5.74) is -0.134. The molecule has 0 aliphatic heterocycles. The van der Waals surface area contributed by atoms with Gasteiger partial charge in [0, 0.05) is 17.0 Å². The first-order valence-corrected chi connectivity index (χ1v) is 8.02. The van der Waals surface area contributed by atoms with Gasteiger partial charge in [0.15, 0.2) is 0 Å². The van der Waals surface area contributed by atoms with E-state index in [0.717, 1.165) is 17.0 Å². The molecule has 0 saturated carbocycles. The average molecular weight is 375 g/mol. The summed E-state index contributed by atoms with van der Waals surface area (Å²) in [5.74, 6) is 0.798. The summed E-state index contributed by atoms with van der Waals surface area (Å²) in [7, 11) is 0. The van der Waals surface area contributed by atoms with E-state index in [1.807, 2.05) is 24.3 Å². The number of carbonyl (C=O) groups is 1. The van der Waals surface area contributed by atoms with Crippen LogP contribution < -0.4 is 5.32 Å². The van der Waals surface area contributed by atoms with Crippen LogP contribution in [0.4, 0.5) is 13.2 Å². The summed E-state index contributed by atoms with van der Waals surface area (Å²) in [5, 5.41) is 6.98. The van der Waals surface area contributed by atoms with Gasteiger partial charge in [0.05, 0.1) is 12.1 Å². The SMILES string of the molecule is C#CCn1c(C(=O)NC(C)(C)c2cc(C(F)(F)F)on2)cc2ccccc21. The van der Waals surface area contributed by atoms with Crippen molar-refractivity contribution in [1.82, 2.24) is 15.0 Å². The van der Waals surface area contributed by atoms with Gasteiger partial charge in [-0.2, -0.15) is 13.2 Å². The number of alkyl halides is 3. The molecule has 1 amide bonds. The van der Waals surface area contributed by atoms with E-state index in [2.05, 4.69) is 20.9 Å². The van der Waals surface area contributed by atoms with Crippen molar-refractivity contribution < 1.29 is 22.5 Å². The maximum atomic E-state index is 12.8. The highest BCUT2D eigenvalue weighted by molar-refractivity contribution is 5.99. The molecule has 0 unspecified atom stereocenters. The van der Waals surface area contributed by atoms with E-state index < -0.39 is 23.4 Å². The first-order chi connectivity index (χ1) is 12.6. The highest BCUT2D eigenvalue weighted by Crippen LogP contribution is 2.32. The fraction of sp³-hybridized carbons (Fsp3) is 0.263. The predicted octanol–water partition coefficient (Wildman–Crippen LogP) is 3.95. The number of halogens is 3. The van der Waals surface area contributed by atoms with Gasteiger partial charge in [-0.25, -0.2) is 0 Å². The lowest BCUT2D eigenvalue weighted by Gasteiger charge is -2.23. The summed E-state index contributed by atoms with van der Waals surface area (Å²) in [6.45, 7) is 3.26. The Balaban J connectivity index is 1.93. The molecule has 1 N–H and O–H groups in total. The Kier molecular flexibility index (Phi) is 4.47. The van der Waals surface area contributed by atoms with Crippen LogP contribution in [0.25, 0.3) is 10.9 Å². The van der Waals surface area contributed by atoms with Crippen molar-refractivity contribution >= 4 is 16.8 Å². The van der Waals surface area contributed by atoms with Gasteiger partial charge in [-0.15, -0.1) is 6.42 Å². The Morgan fingerprint density at radius 2 is 2.00 bits per heavy atom. The third kappa shape index (κ3) is 3.53. The van der Waals surface area contributed by atoms with Crippen LogP contribution in [0.15, 0.2) is 40.9 Å². The molecule has 0 bridgehead atoms. The molecule has 3 aromatic rings. The molecule has 0 saturated heterocycles. The van der Waals surface area contributed by atoms with E-state index in [4.69, 9.17) is 6.42 Å². The summed E-state index contributed by atoms with van der Waals surface area (Å²) in [4.78, 5) is 12.8. The van der Waals surface area contributed by atoms with Gasteiger partial charge in [-0.05, 0) is 26.0 Å². The second-order valence-electron chi connectivity index (χ2n) is 6.53. The van der Waals surface area contributed by atoms with Gasteiger partial charge in [0.25, 0.3) is 5.91 Å². The van der Waals surface area contributed by atoms with Crippen LogP contribution in [0.3, 0.4) is 0 Å². The number of benzene rings is 1. The number of rotatable bonds is 4. The fourth-order valence-electron chi connectivity index (χ4n) is 2.78. The second-order valence-corrected chi connectivity index (χ2v) is 6.53. The second kappa shape index (κ2) is 6.50. The molecule has 27 heavy (non-hydrogen) atoms. The lowest BCUT2D eigenvalue weighted by molar-refractivity contribution is -0.155. The Bertz CT molecular complexity index is 1040. The third-order valence-electron chi connectivity index (χ3n) is 4.15. The Labute approximate surface area is 153 Å². The molecule has 0 aliphatic rings. The van der Waals surface area contributed by atoms with Gasteiger partial charge in [0.1, 0.15) is 11.4 Å². The molecular formula is C19H16F3N3O2. The van der Waals surface area contributed by atoms with Crippen LogP contribution in [0.2, 0.25) is 0 Å². The van der Waals surface area contributed by atoms with E-state index in [-0.39, 0.29) is 12.2 Å². The van der Waals surface area contributed by atoms with Gasteiger partial charge in [-0.3, -0.25) is 4.79 Å². The van der Waals surface area contributed by atoms with Crippen molar-refractivity contribution in [1.29, 1.82) is 0 Å². The number of amides is 1. The van der Waals surface area contributed by atoms with E-state index in [9.17, 15) is 18.0 Å². The third-order valence-corrected chi connectivity index (χ3v) is 4.15. The highest BCUT2D eigenvalue weighted by Gasteiger charge is 2.38. The maximum absolute atomic E-state index is 12.8. The highest BCUT2D eigenvalue weighted by atomic mass is 19.4. The number of para-hydroxylation sites is 1. The fourth-order valence-corrected chi connectivity index (χ4v) is 2.78. The quantitative estimate of drug-likeness (QED) is 0.703. The summed E-state index contributed by atoms with van der Waals surface area (Å²) >= 11 is 0. The number of aromatic nitrogens is 2. The number of nitrogens with one attached hydrogen (secondary N) is 1. The summed E-state index contributed by atoms with van der Waals surface area (Å²) < 4.78 is 44.2. The van der Waals surface area contributed by atoms with Crippen LogP contribution in [0.1, 0.15) is 35.8 Å². The predicted molar refractivity (Wildman–Crippen MR) is 92.8 cm³/mol. The van der Waals surface area contributed by atoms with Crippen LogP contribution in [-0.2, 0) is 18.3 Å². The molecule has 0 aliphatic carbocycles. The first kappa shape index (κ1) is 18.6. The molecule has 0 atom stereocenters. The lowest BCUT2D eigenvalue weighted by Crippen LogP contribution is -2.42. The summed E-state index contributed by atoms with van der Waals surface area (Å²) in [6.07, 6.45) is 0.762. The number of carbonyl (C=O) groups excluding carboxylic acids is 1. The van der Waals surface area contributed by atoms with Crippen molar-refractivity contribution in [2.24, 2.45) is 0 Å². The molecule has 5 nitrogen and oxygen atoms in total. The van der Waals surface area contributed by atoms with Gasteiger partial charge >= 0.3 is 6.18 Å². The standard InChI is InChI=1S/C19H16F3N3O2/c1-4-9-25-13-8-6-5-7-12(13)10-14(25)17(26)23-18(2,3)15-11-16(27-24-15)19(20,21)22/h1,5-8,10-11H,9H2,2-3H3,(H,23,26). The van der Waals surface area contributed by atoms with Crippen LogP contribution in [-0.4, -0.2) is 15.6 Å². The zero-order valence-electron chi connectivity index (χ0n) is 14.6. The van der Waals surface area contributed by atoms with Crippen LogP contribution in [0, 0.1) is 12.3 Å². The minimum absolute atomic E-state index is 0.0391. The summed E-state index contributed by atoms with van der Waals surface area (Å²) in [6, 6.07) is 9.80. The smallest absolute Gasteiger partial charge is 0.351 e. The van der Waals surface area contributed by atoms with E-state index >= 15 is 0 Å². The van der Waals surface area contributed by atoms with Gasteiger partial charge in [-0.1, -0.05) is 29.3 Å². The van der Waals surface area contributed by atoms with Gasteiger partial charge in [0.2, 0.25) is 5.76 Å². The van der Waals surface area contributed by atoms with Crippen LogP contribution in [0.5, 0.6) is 0 Å². The Hall–Kier alpha value is -3.21. The molecule has 3 rings (SSSR count). The zero-order valence-corrected chi connectivity index (χ0v) is 14.6. The Morgan fingerprint density at radius 1 is 1.30 bits per heavy atom. The molecule has 2 aromatic heterocycles. The first-order valence-electron chi connectivity index (χ1n) is 8.02. The van der Waals surface area contributed by atoms with E-state index in [1.165, 1.54) is 13.8 Å². The van der Waals surface area contributed by atoms with E-state index in [1.54, 1.807) is 10.6 Å². The monoisotopic (exact) mass is 375 g/mol.